The largest absolute Gasteiger partial charge is 0.495 e. The minimum atomic E-state index is -0.112. The molecule has 2 nitrogen and oxygen atoms in total. The van der Waals surface area contributed by atoms with E-state index in [0.29, 0.717) is 26.9 Å². The van der Waals surface area contributed by atoms with Crippen molar-refractivity contribution in [3.8, 4) is 5.75 Å². The summed E-state index contributed by atoms with van der Waals surface area (Å²) in [6.07, 6.45) is 3.29. The molecule has 0 fully saturated rings. The number of carbonyl (C=O) groups excluding carboxylic acids is 1. The standard InChI is InChI=1S/C17H14Cl2O2/c1-21-16-9-14(18)13(8-15(16)19)17(20)12-6-5-10-3-2-4-11(10)7-12/h5-9H,2-4H2,1H3. The van der Waals surface area contributed by atoms with E-state index in [1.54, 1.807) is 12.1 Å². The van der Waals surface area contributed by atoms with E-state index in [9.17, 15) is 4.79 Å². The van der Waals surface area contributed by atoms with Crippen LogP contribution in [0.2, 0.25) is 10.0 Å². The topological polar surface area (TPSA) is 26.3 Å². The van der Waals surface area contributed by atoms with Gasteiger partial charge in [-0.2, -0.15) is 0 Å². The lowest BCUT2D eigenvalue weighted by Gasteiger charge is -2.09. The molecule has 0 atom stereocenters. The Morgan fingerprint density at radius 1 is 1.05 bits per heavy atom. The van der Waals surface area contributed by atoms with Crippen LogP contribution in [0.5, 0.6) is 5.75 Å². The molecule has 0 saturated heterocycles. The molecule has 108 valence electrons. The normalized spacial score (nSPS) is 13.1. The van der Waals surface area contributed by atoms with Gasteiger partial charge in [0.25, 0.3) is 0 Å². The van der Waals surface area contributed by atoms with Gasteiger partial charge in [-0.3, -0.25) is 4.79 Å². The Balaban J connectivity index is 2.01. The molecule has 2 aromatic carbocycles. The van der Waals surface area contributed by atoms with E-state index >= 15 is 0 Å². The summed E-state index contributed by atoms with van der Waals surface area (Å²) in [7, 11) is 1.51. The van der Waals surface area contributed by atoms with Crippen molar-refractivity contribution < 1.29 is 9.53 Å². The quantitative estimate of drug-likeness (QED) is 0.765. The predicted octanol–water partition coefficient (Wildman–Crippen LogP) is 4.72. The van der Waals surface area contributed by atoms with E-state index < -0.39 is 0 Å². The van der Waals surface area contributed by atoms with Crippen LogP contribution in [0, 0.1) is 0 Å². The zero-order valence-corrected chi connectivity index (χ0v) is 13.1. The summed E-state index contributed by atoms with van der Waals surface area (Å²) in [5.74, 6) is 0.353. The van der Waals surface area contributed by atoms with Gasteiger partial charge in [-0.15, -0.1) is 0 Å². The van der Waals surface area contributed by atoms with Crippen molar-refractivity contribution in [1.29, 1.82) is 0 Å². The molecule has 0 amide bonds. The molecule has 0 heterocycles. The summed E-state index contributed by atoms with van der Waals surface area (Å²) in [5, 5.41) is 0.730. The highest BCUT2D eigenvalue weighted by Crippen LogP contribution is 2.32. The molecule has 0 spiro atoms. The molecule has 21 heavy (non-hydrogen) atoms. The van der Waals surface area contributed by atoms with Gasteiger partial charge in [-0.1, -0.05) is 35.3 Å². The second kappa shape index (κ2) is 5.70. The van der Waals surface area contributed by atoms with Gasteiger partial charge >= 0.3 is 0 Å². The van der Waals surface area contributed by atoms with Crippen molar-refractivity contribution >= 4 is 29.0 Å². The highest BCUT2D eigenvalue weighted by atomic mass is 35.5. The fourth-order valence-corrected chi connectivity index (χ4v) is 3.21. The van der Waals surface area contributed by atoms with Gasteiger partial charge in [0.1, 0.15) is 5.75 Å². The molecule has 0 saturated carbocycles. The van der Waals surface area contributed by atoms with E-state index in [4.69, 9.17) is 27.9 Å². The summed E-state index contributed by atoms with van der Waals surface area (Å²) in [6, 6.07) is 9.01. The van der Waals surface area contributed by atoms with Crippen LogP contribution in [0.1, 0.15) is 33.5 Å². The van der Waals surface area contributed by atoms with E-state index in [1.807, 2.05) is 18.2 Å². The van der Waals surface area contributed by atoms with Gasteiger partial charge < -0.3 is 4.74 Å². The number of ketones is 1. The van der Waals surface area contributed by atoms with E-state index in [0.717, 1.165) is 19.3 Å². The molecule has 0 N–H and O–H groups in total. The Morgan fingerprint density at radius 3 is 2.57 bits per heavy atom. The third-order valence-electron chi connectivity index (χ3n) is 3.85. The van der Waals surface area contributed by atoms with Gasteiger partial charge in [-0.25, -0.2) is 0 Å². The lowest BCUT2D eigenvalue weighted by molar-refractivity contribution is 0.103. The first-order chi connectivity index (χ1) is 10.1. The molecule has 3 rings (SSSR count). The molecule has 2 aromatic rings. The number of rotatable bonds is 3. The number of hydrogen-bond acceptors (Lipinski definition) is 2. The molecule has 0 unspecified atom stereocenters. The monoisotopic (exact) mass is 320 g/mol. The Hall–Kier alpha value is -1.51. The van der Waals surface area contributed by atoms with Crippen LogP contribution in [-0.2, 0) is 12.8 Å². The Kier molecular flexibility index (Phi) is 3.92. The maximum atomic E-state index is 12.6. The molecular weight excluding hydrogens is 307 g/mol. The van der Waals surface area contributed by atoms with Crippen molar-refractivity contribution in [1.82, 2.24) is 0 Å². The SMILES string of the molecule is COc1cc(Cl)c(C(=O)c2ccc3c(c2)CCC3)cc1Cl. The summed E-state index contributed by atoms with van der Waals surface area (Å²) in [4.78, 5) is 12.6. The van der Waals surface area contributed by atoms with Gasteiger partial charge in [0.15, 0.2) is 5.78 Å². The first-order valence-corrected chi connectivity index (χ1v) is 7.55. The highest BCUT2D eigenvalue weighted by Gasteiger charge is 2.18. The number of hydrogen-bond donors (Lipinski definition) is 0. The van der Waals surface area contributed by atoms with Crippen LogP contribution in [0.4, 0.5) is 0 Å². The Morgan fingerprint density at radius 2 is 1.81 bits per heavy atom. The lowest BCUT2D eigenvalue weighted by atomic mass is 9.99. The average molecular weight is 321 g/mol. The molecule has 0 radical (unpaired) electrons. The minimum Gasteiger partial charge on any atom is -0.495 e. The highest BCUT2D eigenvalue weighted by molar-refractivity contribution is 6.37. The predicted molar refractivity (Wildman–Crippen MR) is 84.9 cm³/mol. The summed E-state index contributed by atoms with van der Waals surface area (Å²) in [5.41, 5.74) is 3.65. The molecule has 0 aromatic heterocycles. The fraction of sp³-hybridized carbons (Fsp3) is 0.235. The van der Waals surface area contributed by atoms with E-state index in [-0.39, 0.29) is 5.78 Å². The van der Waals surface area contributed by atoms with Crippen LogP contribution >= 0.6 is 23.2 Å². The van der Waals surface area contributed by atoms with Crippen LogP contribution in [0.3, 0.4) is 0 Å². The molecule has 4 heteroatoms. The maximum absolute atomic E-state index is 12.6. The summed E-state index contributed by atoms with van der Waals surface area (Å²) >= 11 is 12.3. The zero-order chi connectivity index (χ0) is 15.0. The molecule has 1 aliphatic rings. The van der Waals surface area contributed by atoms with Gasteiger partial charge in [0.2, 0.25) is 0 Å². The van der Waals surface area contributed by atoms with Gasteiger partial charge in [0, 0.05) is 17.2 Å². The average Bonchev–Trinajstić information content (AvgIpc) is 2.95. The molecule has 1 aliphatic carbocycles. The number of aryl methyl sites for hydroxylation is 2. The Labute approximate surface area is 133 Å². The number of fused-ring (bicyclic) bond motifs is 1. The van der Waals surface area contributed by atoms with E-state index in [2.05, 4.69) is 0 Å². The van der Waals surface area contributed by atoms with Crippen molar-refractivity contribution in [3.05, 3.63) is 62.6 Å². The lowest BCUT2D eigenvalue weighted by Crippen LogP contribution is -2.04. The molecular formula is C17H14Cl2O2. The number of carbonyl (C=O) groups is 1. The zero-order valence-electron chi connectivity index (χ0n) is 11.6. The van der Waals surface area contributed by atoms with Crippen molar-refractivity contribution in [2.24, 2.45) is 0 Å². The van der Waals surface area contributed by atoms with Crippen molar-refractivity contribution in [2.75, 3.05) is 7.11 Å². The number of benzene rings is 2. The second-order valence-electron chi connectivity index (χ2n) is 5.13. The minimum absolute atomic E-state index is 0.112. The number of methoxy groups -OCH3 is 1. The Bertz CT molecular complexity index is 723. The smallest absolute Gasteiger partial charge is 0.194 e. The van der Waals surface area contributed by atoms with E-state index in [1.165, 1.54) is 18.2 Å². The third kappa shape index (κ3) is 2.66. The first-order valence-electron chi connectivity index (χ1n) is 6.79. The van der Waals surface area contributed by atoms with Crippen LogP contribution in [0.25, 0.3) is 0 Å². The van der Waals surface area contributed by atoms with Crippen LogP contribution in [0.15, 0.2) is 30.3 Å². The summed E-state index contributed by atoms with van der Waals surface area (Å²) in [6.45, 7) is 0. The van der Waals surface area contributed by atoms with Crippen molar-refractivity contribution in [3.63, 3.8) is 0 Å². The van der Waals surface area contributed by atoms with Gasteiger partial charge in [0.05, 0.1) is 17.2 Å². The second-order valence-corrected chi connectivity index (χ2v) is 5.95. The third-order valence-corrected chi connectivity index (χ3v) is 4.45. The molecule has 0 aliphatic heterocycles. The van der Waals surface area contributed by atoms with Crippen LogP contribution < -0.4 is 4.74 Å². The first kappa shape index (κ1) is 14.4. The summed E-state index contributed by atoms with van der Waals surface area (Å²) < 4.78 is 5.10. The fourth-order valence-electron chi connectivity index (χ4n) is 2.73. The number of ether oxygens (including phenoxy) is 1. The maximum Gasteiger partial charge on any atom is 0.194 e. The van der Waals surface area contributed by atoms with Crippen LogP contribution in [-0.4, -0.2) is 12.9 Å². The van der Waals surface area contributed by atoms with Crippen molar-refractivity contribution in [2.45, 2.75) is 19.3 Å². The number of halogens is 2. The molecule has 0 bridgehead atoms. The van der Waals surface area contributed by atoms with Gasteiger partial charge in [-0.05, 0) is 42.5 Å².